The Hall–Kier alpha value is -1.83. The standard InChI is InChI=1S/C16H16N2/c1-9-3-4-11-6-15(16-8-17-10(2)18-16)14-7-13(14)12(11)5-9/h3-6,8,13-14H,7H2,1-2H3,(H,17,18). The maximum absolute atomic E-state index is 4.32. The number of allylic oxidation sites excluding steroid dienone is 1. The van der Waals surface area contributed by atoms with Gasteiger partial charge in [0.05, 0.1) is 11.9 Å². The summed E-state index contributed by atoms with van der Waals surface area (Å²) in [6, 6.07) is 6.81. The van der Waals surface area contributed by atoms with Crippen molar-refractivity contribution in [1.29, 1.82) is 0 Å². The lowest BCUT2D eigenvalue weighted by Gasteiger charge is -2.15. The molecule has 90 valence electrons. The highest BCUT2D eigenvalue weighted by Crippen LogP contribution is 2.58. The van der Waals surface area contributed by atoms with Gasteiger partial charge >= 0.3 is 0 Å². The molecule has 1 fully saturated rings. The smallest absolute Gasteiger partial charge is 0.103 e. The van der Waals surface area contributed by atoms with Gasteiger partial charge in [0.15, 0.2) is 0 Å². The van der Waals surface area contributed by atoms with Crippen LogP contribution in [0.5, 0.6) is 0 Å². The van der Waals surface area contributed by atoms with Crippen molar-refractivity contribution in [3.05, 3.63) is 52.6 Å². The fourth-order valence-corrected chi connectivity index (χ4v) is 3.15. The SMILES string of the molecule is Cc1ccc2c(c1)C1CC1C(c1cnc(C)[nH]1)=C2. The van der Waals surface area contributed by atoms with Crippen molar-refractivity contribution in [1.82, 2.24) is 9.97 Å². The molecule has 2 aliphatic carbocycles. The van der Waals surface area contributed by atoms with Crippen LogP contribution in [-0.4, -0.2) is 9.97 Å². The molecule has 1 saturated carbocycles. The quantitative estimate of drug-likeness (QED) is 0.803. The summed E-state index contributed by atoms with van der Waals surface area (Å²) in [6.45, 7) is 4.18. The monoisotopic (exact) mass is 236 g/mol. The van der Waals surface area contributed by atoms with E-state index < -0.39 is 0 Å². The van der Waals surface area contributed by atoms with Gasteiger partial charge < -0.3 is 4.98 Å². The van der Waals surface area contributed by atoms with E-state index in [0.29, 0.717) is 5.92 Å². The van der Waals surface area contributed by atoms with Crippen molar-refractivity contribution >= 4 is 11.6 Å². The fraction of sp³-hybridized carbons (Fsp3) is 0.312. The van der Waals surface area contributed by atoms with Gasteiger partial charge in [-0.1, -0.05) is 23.8 Å². The van der Waals surface area contributed by atoms with Crippen LogP contribution in [0.2, 0.25) is 0 Å². The van der Waals surface area contributed by atoms with Crippen molar-refractivity contribution in [3.63, 3.8) is 0 Å². The van der Waals surface area contributed by atoms with E-state index in [1.807, 2.05) is 13.1 Å². The summed E-state index contributed by atoms with van der Waals surface area (Å²) in [4.78, 5) is 7.68. The van der Waals surface area contributed by atoms with Gasteiger partial charge in [0.2, 0.25) is 0 Å². The number of nitrogens with zero attached hydrogens (tertiary/aromatic N) is 1. The third-order valence-electron chi connectivity index (χ3n) is 4.16. The van der Waals surface area contributed by atoms with Crippen LogP contribution in [0, 0.1) is 19.8 Å². The molecule has 0 bridgehead atoms. The van der Waals surface area contributed by atoms with Gasteiger partial charge in [0.1, 0.15) is 5.82 Å². The van der Waals surface area contributed by atoms with E-state index >= 15 is 0 Å². The normalized spacial score (nSPS) is 24.2. The minimum atomic E-state index is 0.708. The molecule has 2 heteroatoms. The van der Waals surface area contributed by atoms with Gasteiger partial charge in [0.25, 0.3) is 0 Å². The maximum atomic E-state index is 4.32. The zero-order chi connectivity index (χ0) is 12.3. The predicted octanol–water partition coefficient (Wildman–Crippen LogP) is 3.68. The molecule has 18 heavy (non-hydrogen) atoms. The van der Waals surface area contributed by atoms with Crippen molar-refractivity contribution in [2.45, 2.75) is 26.2 Å². The number of H-pyrrole nitrogens is 1. The molecular formula is C16H16N2. The van der Waals surface area contributed by atoms with Crippen molar-refractivity contribution < 1.29 is 0 Å². The van der Waals surface area contributed by atoms with Crippen molar-refractivity contribution in [2.24, 2.45) is 5.92 Å². The number of fused-ring (bicyclic) bond motifs is 3. The summed E-state index contributed by atoms with van der Waals surface area (Å²) in [6.07, 6.45) is 5.60. The zero-order valence-corrected chi connectivity index (χ0v) is 10.7. The summed E-state index contributed by atoms with van der Waals surface area (Å²) in [5, 5.41) is 0. The molecule has 2 unspecified atom stereocenters. The van der Waals surface area contributed by atoms with Crippen LogP contribution in [0.25, 0.3) is 11.6 Å². The van der Waals surface area contributed by atoms with E-state index in [4.69, 9.17) is 0 Å². The lowest BCUT2D eigenvalue weighted by molar-refractivity contribution is 0.999. The number of benzene rings is 1. The van der Waals surface area contributed by atoms with E-state index in [0.717, 1.165) is 11.7 Å². The average Bonchev–Trinajstić information content (AvgIpc) is 3.05. The summed E-state index contributed by atoms with van der Waals surface area (Å²) in [7, 11) is 0. The minimum absolute atomic E-state index is 0.708. The number of aromatic amines is 1. The highest BCUT2D eigenvalue weighted by Gasteiger charge is 2.45. The van der Waals surface area contributed by atoms with Crippen LogP contribution in [0.4, 0.5) is 0 Å². The van der Waals surface area contributed by atoms with E-state index in [9.17, 15) is 0 Å². The van der Waals surface area contributed by atoms with Gasteiger partial charge in [-0.2, -0.15) is 0 Å². The summed E-state index contributed by atoms with van der Waals surface area (Å²) >= 11 is 0. The Balaban J connectivity index is 1.85. The number of nitrogens with one attached hydrogen (secondary N) is 1. The van der Waals surface area contributed by atoms with Gasteiger partial charge in [-0.3, -0.25) is 0 Å². The predicted molar refractivity (Wildman–Crippen MR) is 73.2 cm³/mol. The van der Waals surface area contributed by atoms with Crippen LogP contribution in [0.3, 0.4) is 0 Å². The lowest BCUT2D eigenvalue weighted by Crippen LogP contribution is -1.99. The molecule has 0 radical (unpaired) electrons. The molecule has 1 aromatic heterocycles. The molecule has 2 aliphatic rings. The Bertz CT molecular complexity index is 663. The van der Waals surface area contributed by atoms with Crippen LogP contribution in [0.1, 0.15) is 40.5 Å². The first kappa shape index (κ1) is 10.1. The van der Waals surface area contributed by atoms with Crippen LogP contribution in [0.15, 0.2) is 24.4 Å². The number of imidazole rings is 1. The molecule has 4 rings (SSSR count). The molecule has 2 aromatic rings. The second-order valence-corrected chi connectivity index (χ2v) is 5.56. The van der Waals surface area contributed by atoms with Gasteiger partial charge in [0, 0.05) is 0 Å². The molecule has 2 nitrogen and oxygen atoms in total. The third-order valence-corrected chi connectivity index (χ3v) is 4.16. The summed E-state index contributed by atoms with van der Waals surface area (Å²) in [5.41, 5.74) is 6.94. The largest absolute Gasteiger partial charge is 0.343 e. The van der Waals surface area contributed by atoms with Crippen molar-refractivity contribution in [3.8, 4) is 0 Å². The average molecular weight is 236 g/mol. The maximum Gasteiger partial charge on any atom is 0.103 e. The minimum Gasteiger partial charge on any atom is -0.343 e. The Morgan fingerprint density at radius 1 is 1.22 bits per heavy atom. The Labute approximate surface area is 107 Å². The molecule has 0 aliphatic heterocycles. The number of rotatable bonds is 1. The highest BCUT2D eigenvalue weighted by molar-refractivity contribution is 5.87. The third kappa shape index (κ3) is 1.38. The topological polar surface area (TPSA) is 28.7 Å². The number of hydrogen-bond acceptors (Lipinski definition) is 1. The van der Waals surface area contributed by atoms with Gasteiger partial charge in [-0.05, 0) is 54.9 Å². The number of aryl methyl sites for hydroxylation is 2. The molecule has 1 heterocycles. The van der Waals surface area contributed by atoms with Gasteiger partial charge in [-0.15, -0.1) is 0 Å². The van der Waals surface area contributed by atoms with E-state index in [1.165, 1.54) is 28.8 Å². The van der Waals surface area contributed by atoms with E-state index in [2.05, 4.69) is 41.2 Å². The molecule has 0 spiro atoms. The first-order valence-corrected chi connectivity index (χ1v) is 6.56. The molecule has 1 aromatic carbocycles. The summed E-state index contributed by atoms with van der Waals surface area (Å²) < 4.78 is 0. The Morgan fingerprint density at radius 3 is 2.89 bits per heavy atom. The second-order valence-electron chi connectivity index (χ2n) is 5.56. The van der Waals surface area contributed by atoms with Crippen LogP contribution >= 0.6 is 0 Å². The second kappa shape index (κ2) is 3.35. The molecule has 0 amide bonds. The fourth-order valence-electron chi connectivity index (χ4n) is 3.15. The van der Waals surface area contributed by atoms with Crippen molar-refractivity contribution in [2.75, 3.05) is 0 Å². The zero-order valence-electron chi connectivity index (χ0n) is 10.7. The first-order chi connectivity index (χ1) is 8.72. The van der Waals surface area contributed by atoms with Gasteiger partial charge in [-0.25, -0.2) is 4.98 Å². The van der Waals surface area contributed by atoms with E-state index in [1.54, 1.807) is 5.56 Å². The Kier molecular flexibility index (Phi) is 1.88. The lowest BCUT2D eigenvalue weighted by atomic mass is 9.90. The first-order valence-electron chi connectivity index (χ1n) is 6.56. The highest BCUT2D eigenvalue weighted by atomic mass is 14.9. The van der Waals surface area contributed by atoms with Crippen LogP contribution in [-0.2, 0) is 0 Å². The molecule has 2 atom stereocenters. The number of aromatic nitrogens is 2. The Morgan fingerprint density at radius 2 is 2.11 bits per heavy atom. The summed E-state index contributed by atoms with van der Waals surface area (Å²) in [5.74, 6) is 2.44. The molecular weight excluding hydrogens is 220 g/mol. The molecule has 0 saturated heterocycles. The van der Waals surface area contributed by atoms with E-state index in [-0.39, 0.29) is 0 Å². The molecule has 1 N–H and O–H groups in total. The van der Waals surface area contributed by atoms with Crippen LogP contribution < -0.4 is 0 Å². The number of hydrogen-bond donors (Lipinski definition) is 1.